The summed E-state index contributed by atoms with van der Waals surface area (Å²) in [5.74, 6) is -1.74. The van der Waals surface area contributed by atoms with Gasteiger partial charge in [0.15, 0.2) is 11.3 Å². The summed E-state index contributed by atoms with van der Waals surface area (Å²) in [6.45, 7) is 0. The van der Waals surface area contributed by atoms with Crippen LogP contribution < -0.4 is 15.8 Å². The minimum Gasteiger partial charge on any atom is -0.491 e. The molecule has 17 heavy (non-hydrogen) atoms. The highest BCUT2D eigenvalue weighted by molar-refractivity contribution is 5.88. The molecule has 0 fully saturated rings. The molecule has 2 heterocycles. The van der Waals surface area contributed by atoms with Crippen molar-refractivity contribution in [1.29, 1.82) is 0 Å². The lowest BCUT2D eigenvalue weighted by Gasteiger charge is -2.05. The number of pyridine rings is 1. The van der Waals surface area contributed by atoms with Crippen molar-refractivity contribution in [1.82, 2.24) is 4.40 Å². The van der Waals surface area contributed by atoms with Crippen LogP contribution in [0.3, 0.4) is 0 Å². The molecule has 0 atom stereocenters. The Hall–Kier alpha value is -2.57. The number of methoxy groups -OCH3 is 1. The molecule has 2 aromatic heterocycles. The number of hydrogen-bond donors (Lipinski definition) is 1. The molecule has 0 saturated heterocycles. The summed E-state index contributed by atoms with van der Waals surface area (Å²) in [6, 6.07) is 0. The minimum absolute atomic E-state index is 0.134. The molecule has 7 heteroatoms. The summed E-state index contributed by atoms with van der Waals surface area (Å²) in [4.78, 5) is 34.0. The van der Waals surface area contributed by atoms with Crippen LogP contribution in [0, 0.1) is 0 Å². The molecule has 0 amide bonds. The molecule has 7 nitrogen and oxygen atoms in total. The van der Waals surface area contributed by atoms with Crippen molar-refractivity contribution in [2.75, 3.05) is 7.11 Å². The third-order valence-electron chi connectivity index (χ3n) is 2.22. The maximum atomic E-state index is 11.7. The van der Waals surface area contributed by atoms with Crippen LogP contribution in [0.5, 0.6) is 5.75 Å². The Bertz CT molecular complexity index is 711. The van der Waals surface area contributed by atoms with E-state index in [9.17, 15) is 14.4 Å². The zero-order valence-electron chi connectivity index (χ0n) is 8.67. The molecular weight excluding hydrogens is 230 g/mol. The van der Waals surface area contributed by atoms with Gasteiger partial charge in [0.2, 0.25) is 5.43 Å². The van der Waals surface area contributed by atoms with Crippen LogP contribution in [0.2, 0.25) is 0 Å². The lowest BCUT2D eigenvalue weighted by atomic mass is 10.2. The molecule has 0 aliphatic rings. The molecule has 0 spiro atoms. The zero-order valence-corrected chi connectivity index (χ0v) is 8.67. The van der Waals surface area contributed by atoms with Gasteiger partial charge in [0.25, 0.3) is 0 Å². The molecule has 0 aromatic carbocycles. The number of rotatable bonds is 2. The van der Waals surface area contributed by atoms with Gasteiger partial charge in [-0.3, -0.25) is 4.79 Å². The molecule has 88 valence electrons. The van der Waals surface area contributed by atoms with E-state index in [0.29, 0.717) is 0 Å². The second-order valence-electron chi connectivity index (χ2n) is 3.16. The highest BCUT2D eigenvalue weighted by atomic mass is 16.5. The van der Waals surface area contributed by atoms with Crippen LogP contribution in [-0.2, 0) is 0 Å². The SMILES string of the molecule is COc1c(=O)c(C(=O)O)cn2ccoc(=O)c12. The summed E-state index contributed by atoms with van der Waals surface area (Å²) < 4.78 is 10.5. The van der Waals surface area contributed by atoms with E-state index in [2.05, 4.69) is 4.42 Å². The monoisotopic (exact) mass is 237 g/mol. The Labute approximate surface area is 93.5 Å². The number of ether oxygens (including phenoxy) is 1. The van der Waals surface area contributed by atoms with Gasteiger partial charge in [0.05, 0.1) is 7.11 Å². The summed E-state index contributed by atoms with van der Waals surface area (Å²) >= 11 is 0. The summed E-state index contributed by atoms with van der Waals surface area (Å²) in [6.07, 6.45) is 3.44. The van der Waals surface area contributed by atoms with E-state index >= 15 is 0 Å². The van der Waals surface area contributed by atoms with Crippen molar-refractivity contribution in [2.45, 2.75) is 0 Å². The van der Waals surface area contributed by atoms with E-state index in [1.807, 2.05) is 0 Å². The highest BCUT2D eigenvalue weighted by Crippen LogP contribution is 2.11. The van der Waals surface area contributed by atoms with E-state index in [1.165, 1.54) is 17.7 Å². The second kappa shape index (κ2) is 3.78. The normalized spacial score (nSPS) is 10.4. The third-order valence-corrected chi connectivity index (χ3v) is 2.22. The van der Waals surface area contributed by atoms with Gasteiger partial charge in [-0.05, 0) is 0 Å². The van der Waals surface area contributed by atoms with Crippen molar-refractivity contribution >= 4 is 11.5 Å². The van der Waals surface area contributed by atoms with Crippen LogP contribution in [0.1, 0.15) is 10.4 Å². The zero-order chi connectivity index (χ0) is 12.6. The Morgan fingerprint density at radius 1 is 1.47 bits per heavy atom. The Morgan fingerprint density at radius 3 is 2.76 bits per heavy atom. The summed E-state index contributed by atoms with van der Waals surface area (Å²) in [5.41, 5.74) is -2.26. The second-order valence-corrected chi connectivity index (χ2v) is 3.16. The number of aromatic carboxylic acids is 1. The van der Waals surface area contributed by atoms with Gasteiger partial charge < -0.3 is 18.7 Å². The Balaban J connectivity index is 3.06. The number of carboxylic acids is 1. The average Bonchev–Trinajstić information content (AvgIpc) is 2.29. The van der Waals surface area contributed by atoms with Gasteiger partial charge in [0, 0.05) is 12.4 Å². The predicted octanol–water partition coefficient (Wildman–Crippen LogP) is -0.0405. The van der Waals surface area contributed by atoms with Crippen LogP contribution in [0.4, 0.5) is 0 Å². The molecule has 0 saturated carbocycles. The van der Waals surface area contributed by atoms with E-state index < -0.39 is 22.6 Å². The molecule has 0 aliphatic heterocycles. The van der Waals surface area contributed by atoms with Crippen molar-refractivity contribution in [3.8, 4) is 5.75 Å². The topological polar surface area (TPSA) is 98.2 Å². The van der Waals surface area contributed by atoms with Crippen molar-refractivity contribution < 1.29 is 19.1 Å². The molecule has 0 radical (unpaired) electrons. The Morgan fingerprint density at radius 2 is 2.18 bits per heavy atom. The summed E-state index contributed by atoms with van der Waals surface area (Å²) in [5, 5.41) is 8.84. The van der Waals surface area contributed by atoms with Gasteiger partial charge >= 0.3 is 11.6 Å². The molecule has 0 aliphatic carbocycles. The fourth-order valence-electron chi connectivity index (χ4n) is 1.48. The molecule has 1 N–H and O–H groups in total. The van der Waals surface area contributed by atoms with E-state index in [4.69, 9.17) is 9.84 Å². The minimum atomic E-state index is -1.39. The maximum Gasteiger partial charge on any atom is 0.364 e. The predicted molar refractivity (Wildman–Crippen MR) is 55.7 cm³/mol. The van der Waals surface area contributed by atoms with E-state index in [0.717, 1.165) is 12.5 Å². The Kier molecular flexibility index (Phi) is 2.43. The van der Waals surface area contributed by atoms with Crippen molar-refractivity contribution in [2.24, 2.45) is 0 Å². The number of fused-ring (bicyclic) bond motifs is 1. The number of aromatic nitrogens is 1. The van der Waals surface area contributed by atoms with Gasteiger partial charge in [-0.15, -0.1) is 0 Å². The molecule has 0 bridgehead atoms. The molecule has 0 unspecified atom stereocenters. The lowest BCUT2D eigenvalue weighted by molar-refractivity contribution is 0.0694. The highest BCUT2D eigenvalue weighted by Gasteiger charge is 2.18. The summed E-state index contributed by atoms with van der Waals surface area (Å²) in [7, 11) is 1.18. The third kappa shape index (κ3) is 1.57. The van der Waals surface area contributed by atoms with Crippen LogP contribution in [-0.4, -0.2) is 22.6 Å². The first-order valence-corrected chi connectivity index (χ1v) is 4.50. The van der Waals surface area contributed by atoms with Gasteiger partial charge in [-0.1, -0.05) is 0 Å². The molecular formula is C10H7NO6. The van der Waals surface area contributed by atoms with Gasteiger partial charge in [0.1, 0.15) is 11.8 Å². The standard InChI is InChI=1S/C10H7NO6/c1-16-8-6-10(15)17-3-2-11(6)4-5(7(8)12)9(13)14/h2-4H,1H3,(H,13,14). The average molecular weight is 237 g/mol. The first kappa shape index (κ1) is 10.9. The first-order valence-electron chi connectivity index (χ1n) is 4.50. The van der Waals surface area contributed by atoms with Gasteiger partial charge in [-0.25, -0.2) is 9.59 Å². The van der Waals surface area contributed by atoms with E-state index in [-0.39, 0.29) is 11.3 Å². The van der Waals surface area contributed by atoms with Crippen molar-refractivity contribution in [3.63, 3.8) is 0 Å². The lowest BCUT2D eigenvalue weighted by Crippen LogP contribution is -2.21. The van der Waals surface area contributed by atoms with Crippen LogP contribution >= 0.6 is 0 Å². The van der Waals surface area contributed by atoms with E-state index in [1.54, 1.807) is 0 Å². The number of carbonyl (C=O) groups is 1. The fraction of sp³-hybridized carbons (Fsp3) is 0.100. The quantitative estimate of drug-likeness (QED) is 0.786. The number of nitrogens with zero attached hydrogens (tertiary/aromatic N) is 1. The largest absolute Gasteiger partial charge is 0.491 e. The number of carboxylic acid groups (broad SMARTS) is 1. The van der Waals surface area contributed by atoms with Crippen molar-refractivity contribution in [3.05, 3.63) is 44.9 Å². The fourth-order valence-corrected chi connectivity index (χ4v) is 1.48. The smallest absolute Gasteiger partial charge is 0.364 e. The maximum absolute atomic E-state index is 11.7. The van der Waals surface area contributed by atoms with Crippen LogP contribution in [0.15, 0.2) is 32.7 Å². The number of hydrogen-bond acceptors (Lipinski definition) is 5. The van der Waals surface area contributed by atoms with Crippen LogP contribution in [0.25, 0.3) is 5.52 Å². The van der Waals surface area contributed by atoms with Gasteiger partial charge in [-0.2, -0.15) is 0 Å². The molecule has 2 rings (SSSR count). The molecule has 2 aromatic rings. The first-order chi connectivity index (χ1) is 8.06.